The zero-order chi connectivity index (χ0) is 18.1. The molecule has 0 unspecified atom stereocenters. The normalized spacial score (nSPS) is 9.72. The Balaban J connectivity index is 1.78. The van der Waals surface area contributed by atoms with E-state index in [-0.39, 0.29) is 5.91 Å². The van der Waals surface area contributed by atoms with Gasteiger partial charge in [-0.15, -0.1) is 0 Å². The average molecular weight is 336 g/mol. The second-order valence-electron chi connectivity index (χ2n) is 5.77. The summed E-state index contributed by atoms with van der Waals surface area (Å²) in [6.07, 6.45) is 0.339. The van der Waals surface area contributed by atoms with E-state index in [4.69, 9.17) is 4.74 Å². The number of hydrogen-bond donors (Lipinski definition) is 1. The van der Waals surface area contributed by atoms with Crippen LogP contribution >= 0.6 is 0 Å². The number of carbonyl (C=O) groups excluding carboxylic acids is 1. The van der Waals surface area contributed by atoms with Crippen LogP contribution in [-0.2, 0) is 11.2 Å². The lowest BCUT2D eigenvalue weighted by Crippen LogP contribution is -2.25. The largest absolute Gasteiger partial charge is 0.494 e. The molecule has 0 saturated heterocycles. The van der Waals surface area contributed by atoms with Gasteiger partial charge >= 0.3 is 0 Å². The molecule has 0 spiro atoms. The molecule has 25 heavy (non-hydrogen) atoms. The number of nitrogens with one attached hydrogen (secondary N) is 1. The third-order valence-electron chi connectivity index (χ3n) is 3.59. The van der Waals surface area contributed by atoms with Crippen molar-refractivity contribution in [3.8, 4) is 17.6 Å². The van der Waals surface area contributed by atoms with Gasteiger partial charge in [0.05, 0.1) is 19.6 Å². The number of carbonyl (C=O) groups is 1. The van der Waals surface area contributed by atoms with Crippen LogP contribution in [0.5, 0.6) is 5.75 Å². The van der Waals surface area contributed by atoms with Crippen molar-refractivity contribution < 1.29 is 9.53 Å². The number of hydrogen-bond acceptors (Lipinski definition) is 3. The maximum Gasteiger partial charge on any atom is 0.225 e. The molecule has 0 heterocycles. The summed E-state index contributed by atoms with van der Waals surface area (Å²) in [5, 5.41) is 2.82. The SMILES string of the molecule is CCOc1ccc(CC(=O)NCC#Cc2ccc(N(C)C)cc2)cc1. The number of benzene rings is 2. The molecule has 0 aromatic heterocycles. The molecule has 1 amide bonds. The quantitative estimate of drug-likeness (QED) is 0.825. The van der Waals surface area contributed by atoms with Crippen LogP contribution < -0.4 is 15.0 Å². The van der Waals surface area contributed by atoms with E-state index in [9.17, 15) is 4.79 Å². The van der Waals surface area contributed by atoms with Crippen molar-refractivity contribution in [2.24, 2.45) is 0 Å². The first-order valence-corrected chi connectivity index (χ1v) is 8.33. The number of nitrogens with zero attached hydrogens (tertiary/aromatic N) is 1. The molecule has 0 radical (unpaired) electrons. The summed E-state index contributed by atoms with van der Waals surface area (Å²) < 4.78 is 5.39. The van der Waals surface area contributed by atoms with Gasteiger partial charge in [-0.05, 0) is 48.9 Å². The van der Waals surface area contributed by atoms with Crippen LogP contribution in [0, 0.1) is 11.8 Å². The van der Waals surface area contributed by atoms with Gasteiger partial charge in [-0.25, -0.2) is 0 Å². The maximum absolute atomic E-state index is 11.9. The summed E-state index contributed by atoms with van der Waals surface area (Å²) >= 11 is 0. The fraction of sp³-hybridized carbons (Fsp3) is 0.286. The highest BCUT2D eigenvalue weighted by Gasteiger charge is 2.02. The van der Waals surface area contributed by atoms with E-state index in [2.05, 4.69) is 17.2 Å². The van der Waals surface area contributed by atoms with E-state index in [1.807, 2.05) is 74.4 Å². The molecule has 2 rings (SSSR count). The third-order valence-corrected chi connectivity index (χ3v) is 3.59. The smallest absolute Gasteiger partial charge is 0.225 e. The van der Waals surface area contributed by atoms with Crippen LogP contribution in [-0.4, -0.2) is 33.2 Å². The molecule has 0 fully saturated rings. The minimum atomic E-state index is -0.0404. The molecule has 0 aliphatic heterocycles. The zero-order valence-corrected chi connectivity index (χ0v) is 15.0. The number of anilines is 1. The fourth-order valence-corrected chi connectivity index (χ4v) is 2.25. The maximum atomic E-state index is 11.9. The molecule has 130 valence electrons. The molecular weight excluding hydrogens is 312 g/mol. The first-order chi connectivity index (χ1) is 12.1. The number of rotatable bonds is 6. The molecule has 0 aliphatic carbocycles. The lowest BCUT2D eigenvalue weighted by molar-refractivity contribution is -0.120. The molecular formula is C21H24N2O2. The van der Waals surface area contributed by atoms with Crippen LogP contribution in [0.25, 0.3) is 0 Å². The van der Waals surface area contributed by atoms with Gasteiger partial charge in [0.2, 0.25) is 5.91 Å². The summed E-state index contributed by atoms with van der Waals surface area (Å²) in [5.41, 5.74) is 3.02. The van der Waals surface area contributed by atoms with Crippen molar-refractivity contribution in [1.82, 2.24) is 5.32 Å². The van der Waals surface area contributed by atoms with Crippen molar-refractivity contribution in [2.45, 2.75) is 13.3 Å². The van der Waals surface area contributed by atoms with E-state index in [1.165, 1.54) is 0 Å². The van der Waals surface area contributed by atoms with Crippen LogP contribution in [0.4, 0.5) is 5.69 Å². The first kappa shape index (κ1) is 18.4. The topological polar surface area (TPSA) is 41.6 Å². The second kappa shape index (κ2) is 9.39. The van der Waals surface area contributed by atoms with Crippen LogP contribution in [0.1, 0.15) is 18.1 Å². The van der Waals surface area contributed by atoms with Crippen LogP contribution in [0.2, 0.25) is 0 Å². The van der Waals surface area contributed by atoms with Crippen LogP contribution in [0.15, 0.2) is 48.5 Å². The van der Waals surface area contributed by atoms with E-state index in [1.54, 1.807) is 0 Å². The molecule has 4 nitrogen and oxygen atoms in total. The minimum Gasteiger partial charge on any atom is -0.494 e. The van der Waals surface area contributed by atoms with E-state index >= 15 is 0 Å². The summed E-state index contributed by atoms with van der Waals surface area (Å²) in [5.74, 6) is 6.81. The van der Waals surface area contributed by atoms with Gasteiger partial charge in [-0.2, -0.15) is 0 Å². The predicted molar refractivity (Wildman–Crippen MR) is 102 cm³/mol. The summed E-state index contributed by atoms with van der Waals surface area (Å²) in [4.78, 5) is 14.0. The third kappa shape index (κ3) is 6.23. The van der Waals surface area contributed by atoms with Gasteiger partial charge in [-0.1, -0.05) is 24.0 Å². The van der Waals surface area contributed by atoms with Crippen molar-refractivity contribution in [1.29, 1.82) is 0 Å². The second-order valence-corrected chi connectivity index (χ2v) is 5.77. The zero-order valence-electron chi connectivity index (χ0n) is 15.0. The molecule has 1 N–H and O–H groups in total. The predicted octanol–water partition coefficient (Wildman–Crippen LogP) is 2.86. The average Bonchev–Trinajstić information content (AvgIpc) is 2.61. The highest BCUT2D eigenvalue weighted by molar-refractivity contribution is 5.78. The van der Waals surface area contributed by atoms with Crippen molar-refractivity contribution in [3.63, 3.8) is 0 Å². The molecule has 2 aromatic rings. The first-order valence-electron chi connectivity index (χ1n) is 8.33. The monoisotopic (exact) mass is 336 g/mol. The Bertz CT molecular complexity index is 738. The Morgan fingerprint density at radius 3 is 2.36 bits per heavy atom. The van der Waals surface area contributed by atoms with E-state index < -0.39 is 0 Å². The number of ether oxygens (including phenoxy) is 1. The lowest BCUT2D eigenvalue weighted by atomic mass is 10.1. The van der Waals surface area contributed by atoms with Gasteiger partial charge in [0.15, 0.2) is 0 Å². The molecule has 2 aromatic carbocycles. The van der Waals surface area contributed by atoms with Gasteiger partial charge < -0.3 is 15.0 Å². The van der Waals surface area contributed by atoms with E-state index in [0.717, 1.165) is 22.6 Å². The minimum absolute atomic E-state index is 0.0404. The summed E-state index contributed by atoms with van der Waals surface area (Å²) in [6, 6.07) is 15.6. The van der Waals surface area contributed by atoms with Gasteiger partial charge in [-0.3, -0.25) is 4.79 Å². The Labute approximate surface area is 149 Å². The highest BCUT2D eigenvalue weighted by atomic mass is 16.5. The van der Waals surface area contributed by atoms with Gasteiger partial charge in [0.25, 0.3) is 0 Å². The van der Waals surface area contributed by atoms with Gasteiger partial charge in [0.1, 0.15) is 5.75 Å². The summed E-state index contributed by atoms with van der Waals surface area (Å²) in [7, 11) is 4.00. The van der Waals surface area contributed by atoms with Crippen molar-refractivity contribution in [2.75, 3.05) is 32.1 Å². The van der Waals surface area contributed by atoms with Crippen LogP contribution in [0.3, 0.4) is 0 Å². The van der Waals surface area contributed by atoms with E-state index in [0.29, 0.717) is 19.6 Å². The Morgan fingerprint density at radius 2 is 1.76 bits per heavy atom. The Morgan fingerprint density at radius 1 is 1.08 bits per heavy atom. The molecule has 0 atom stereocenters. The highest BCUT2D eigenvalue weighted by Crippen LogP contribution is 2.12. The molecule has 4 heteroatoms. The lowest BCUT2D eigenvalue weighted by Gasteiger charge is -2.11. The Hall–Kier alpha value is -2.93. The standard InChI is InChI=1S/C21H24N2O2/c1-4-25-20-13-9-18(10-14-20)16-21(24)22-15-5-6-17-7-11-19(12-8-17)23(2)3/h7-14H,4,15-16H2,1-3H3,(H,22,24). The van der Waals surface area contributed by atoms with Crippen molar-refractivity contribution in [3.05, 3.63) is 59.7 Å². The van der Waals surface area contributed by atoms with Crippen molar-refractivity contribution >= 4 is 11.6 Å². The summed E-state index contributed by atoms with van der Waals surface area (Å²) in [6.45, 7) is 2.92. The fourth-order valence-electron chi connectivity index (χ4n) is 2.25. The number of amides is 1. The molecule has 0 bridgehead atoms. The van der Waals surface area contributed by atoms with Gasteiger partial charge in [0, 0.05) is 25.3 Å². The molecule has 0 aliphatic rings. The molecule has 0 saturated carbocycles. The Kier molecular flexibility index (Phi) is 6.91.